The summed E-state index contributed by atoms with van der Waals surface area (Å²) >= 11 is 0. The Morgan fingerprint density at radius 1 is 1.27 bits per heavy atom. The molecule has 0 aromatic carbocycles. The fourth-order valence-corrected chi connectivity index (χ4v) is 2.07. The molecule has 0 bridgehead atoms. The Morgan fingerprint density at radius 2 is 1.87 bits per heavy atom. The fraction of sp³-hybridized carbons (Fsp3) is 0.818. The molecule has 1 saturated carbocycles. The Bertz CT molecular complexity index is 232. The lowest BCUT2D eigenvalue weighted by Crippen LogP contribution is -2.32. The van der Waals surface area contributed by atoms with Gasteiger partial charge < -0.3 is 10.1 Å². The van der Waals surface area contributed by atoms with Gasteiger partial charge in [-0.15, -0.1) is 0 Å². The van der Waals surface area contributed by atoms with Crippen LogP contribution in [0, 0.1) is 11.8 Å². The van der Waals surface area contributed by atoms with Crippen LogP contribution in [0.3, 0.4) is 0 Å². The average Bonchev–Trinajstić information content (AvgIpc) is 2.26. The molecule has 0 aromatic heterocycles. The molecular weight excluding hydrogens is 194 g/mol. The molecule has 0 heterocycles. The Kier molecular flexibility index (Phi) is 4.59. The molecule has 1 N–H and O–H groups in total. The Labute approximate surface area is 90.4 Å². The highest BCUT2D eigenvalue weighted by atomic mass is 16.5. The lowest BCUT2D eigenvalue weighted by Gasteiger charge is -2.26. The molecule has 4 heteroatoms. The first-order valence-electron chi connectivity index (χ1n) is 5.45. The van der Waals surface area contributed by atoms with E-state index in [1.54, 1.807) is 6.92 Å². The highest BCUT2D eigenvalue weighted by Crippen LogP contribution is 2.28. The number of nitrogens with one attached hydrogen (secondary N) is 1. The van der Waals surface area contributed by atoms with Crippen LogP contribution in [0.15, 0.2) is 0 Å². The monoisotopic (exact) mass is 213 g/mol. The molecule has 0 unspecified atom stereocenters. The number of ether oxygens (including phenoxy) is 1. The van der Waals surface area contributed by atoms with Crippen molar-refractivity contribution in [3.8, 4) is 0 Å². The fourth-order valence-electron chi connectivity index (χ4n) is 2.07. The van der Waals surface area contributed by atoms with E-state index < -0.39 is 0 Å². The van der Waals surface area contributed by atoms with Crippen LogP contribution in [0.25, 0.3) is 0 Å². The number of hydrogen-bond donors (Lipinski definition) is 1. The van der Waals surface area contributed by atoms with Crippen LogP contribution in [0.2, 0.25) is 0 Å². The van der Waals surface area contributed by atoms with Crippen LogP contribution in [-0.4, -0.2) is 25.5 Å². The third-order valence-electron chi connectivity index (χ3n) is 3.14. The minimum atomic E-state index is -0.372. The van der Waals surface area contributed by atoms with Crippen molar-refractivity contribution in [2.24, 2.45) is 11.8 Å². The van der Waals surface area contributed by atoms with Crippen LogP contribution < -0.4 is 5.32 Å². The van der Waals surface area contributed by atoms with Gasteiger partial charge in [0.05, 0.1) is 7.11 Å². The van der Waals surface area contributed by atoms with Gasteiger partial charge in [0, 0.05) is 12.5 Å². The maximum atomic E-state index is 11.1. The molecule has 1 rings (SSSR count). The van der Waals surface area contributed by atoms with E-state index in [9.17, 15) is 9.59 Å². The van der Waals surface area contributed by atoms with Gasteiger partial charge in [0.15, 0.2) is 0 Å². The summed E-state index contributed by atoms with van der Waals surface area (Å²) in [6.45, 7) is 2.33. The number of alkyl carbamates (subject to hydrolysis) is 1. The van der Waals surface area contributed by atoms with Crippen LogP contribution >= 0.6 is 0 Å². The van der Waals surface area contributed by atoms with E-state index in [1.807, 2.05) is 0 Å². The van der Waals surface area contributed by atoms with Gasteiger partial charge in [-0.1, -0.05) is 0 Å². The number of methoxy groups -OCH3 is 1. The molecule has 1 aliphatic carbocycles. The zero-order valence-electron chi connectivity index (χ0n) is 9.41. The van der Waals surface area contributed by atoms with E-state index in [-0.39, 0.29) is 12.0 Å². The molecule has 4 nitrogen and oxygen atoms in total. The third kappa shape index (κ3) is 3.90. The second-order valence-electron chi connectivity index (χ2n) is 4.20. The van der Waals surface area contributed by atoms with Crippen LogP contribution in [-0.2, 0) is 9.53 Å². The van der Waals surface area contributed by atoms with Crippen molar-refractivity contribution in [1.82, 2.24) is 5.32 Å². The van der Waals surface area contributed by atoms with Gasteiger partial charge in [0.1, 0.15) is 5.78 Å². The summed E-state index contributed by atoms with van der Waals surface area (Å²) in [5.41, 5.74) is 0. The average molecular weight is 213 g/mol. The van der Waals surface area contributed by atoms with Crippen molar-refractivity contribution >= 4 is 11.9 Å². The van der Waals surface area contributed by atoms with Gasteiger partial charge in [-0.3, -0.25) is 4.79 Å². The summed E-state index contributed by atoms with van der Waals surface area (Å²) in [4.78, 5) is 22.0. The lowest BCUT2D eigenvalue weighted by molar-refractivity contribution is -0.121. The molecule has 0 saturated heterocycles. The largest absolute Gasteiger partial charge is 0.453 e. The van der Waals surface area contributed by atoms with Crippen molar-refractivity contribution in [3.05, 3.63) is 0 Å². The van der Waals surface area contributed by atoms with E-state index in [0.29, 0.717) is 18.2 Å². The minimum absolute atomic E-state index is 0.249. The third-order valence-corrected chi connectivity index (χ3v) is 3.14. The number of hydrogen-bond acceptors (Lipinski definition) is 3. The van der Waals surface area contributed by atoms with E-state index >= 15 is 0 Å². The molecular formula is C11H19NO3. The standard InChI is InChI=1S/C11H19NO3/c1-8(13)10-5-3-9(4-6-10)7-12-11(14)15-2/h9-10H,3-7H2,1-2H3,(H,12,14). The first kappa shape index (κ1) is 12.0. The maximum Gasteiger partial charge on any atom is 0.406 e. The zero-order valence-corrected chi connectivity index (χ0v) is 9.41. The summed E-state index contributed by atoms with van der Waals surface area (Å²) in [6.07, 6.45) is 3.59. The number of Topliss-reactive ketones (excluding diaryl/α,β-unsaturated/α-hetero) is 1. The van der Waals surface area contributed by atoms with Crippen molar-refractivity contribution in [1.29, 1.82) is 0 Å². The van der Waals surface area contributed by atoms with E-state index in [2.05, 4.69) is 10.1 Å². The molecule has 0 aliphatic heterocycles. The minimum Gasteiger partial charge on any atom is -0.453 e. The molecule has 15 heavy (non-hydrogen) atoms. The predicted octanol–water partition coefficient (Wildman–Crippen LogP) is 1.74. The Balaban J connectivity index is 2.20. The number of carbonyl (C=O) groups is 2. The molecule has 1 amide bonds. The molecule has 1 aliphatic rings. The van der Waals surface area contributed by atoms with Crippen molar-refractivity contribution in [3.63, 3.8) is 0 Å². The zero-order chi connectivity index (χ0) is 11.3. The van der Waals surface area contributed by atoms with Gasteiger partial charge in [0.25, 0.3) is 0 Å². The Morgan fingerprint density at radius 3 is 2.33 bits per heavy atom. The second-order valence-corrected chi connectivity index (χ2v) is 4.20. The molecule has 86 valence electrons. The van der Waals surface area contributed by atoms with Gasteiger partial charge >= 0.3 is 6.09 Å². The molecule has 0 atom stereocenters. The smallest absolute Gasteiger partial charge is 0.406 e. The highest BCUT2D eigenvalue weighted by molar-refractivity contribution is 5.78. The Hall–Kier alpha value is -1.06. The SMILES string of the molecule is COC(=O)NCC1CCC(C(C)=O)CC1. The van der Waals surface area contributed by atoms with Crippen molar-refractivity contribution in [2.45, 2.75) is 32.6 Å². The molecule has 0 spiro atoms. The molecule has 0 radical (unpaired) electrons. The number of rotatable bonds is 3. The number of ketones is 1. The summed E-state index contributed by atoms with van der Waals surface area (Å²) in [7, 11) is 1.36. The predicted molar refractivity (Wildman–Crippen MR) is 56.5 cm³/mol. The van der Waals surface area contributed by atoms with Gasteiger partial charge in [-0.25, -0.2) is 4.79 Å². The van der Waals surface area contributed by atoms with Gasteiger partial charge in [-0.05, 0) is 38.5 Å². The normalized spacial score (nSPS) is 25.7. The lowest BCUT2D eigenvalue weighted by atomic mass is 9.80. The summed E-state index contributed by atoms with van der Waals surface area (Å²) in [5, 5.41) is 2.70. The number of carbonyl (C=O) groups excluding carboxylic acids is 2. The van der Waals surface area contributed by atoms with E-state index in [1.165, 1.54) is 7.11 Å². The molecule has 0 aromatic rings. The first-order chi connectivity index (χ1) is 7.13. The summed E-state index contributed by atoms with van der Waals surface area (Å²) in [5.74, 6) is 1.05. The van der Waals surface area contributed by atoms with Crippen LogP contribution in [0.5, 0.6) is 0 Å². The topological polar surface area (TPSA) is 55.4 Å². The summed E-state index contributed by atoms with van der Waals surface area (Å²) in [6, 6.07) is 0. The van der Waals surface area contributed by atoms with Crippen LogP contribution in [0.1, 0.15) is 32.6 Å². The summed E-state index contributed by atoms with van der Waals surface area (Å²) < 4.78 is 4.50. The quantitative estimate of drug-likeness (QED) is 0.776. The first-order valence-corrected chi connectivity index (χ1v) is 5.45. The van der Waals surface area contributed by atoms with Gasteiger partial charge in [0.2, 0.25) is 0 Å². The number of amides is 1. The van der Waals surface area contributed by atoms with Crippen molar-refractivity contribution < 1.29 is 14.3 Å². The van der Waals surface area contributed by atoms with Crippen LogP contribution in [0.4, 0.5) is 4.79 Å². The maximum absolute atomic E-state index is 11.1. The van der Waals surface area contributed by atoms with Crippen molar-refractivity contribution in [2.75, 3.05) is 13.7 Å². The van der Waals surface area contributed by atoms with E-state index in [4.69, 9.17) is 0 Å². The van der Waals surface area contributed by atoms with E-state index in [0.717, 1.165) is 25.7 Å². The highest BCUT2D eigenvalue weighted by Gasteiger charge is 2.23. The second kappa shape index (κ2) is 5.73. The molecule has 1 fully saturated rings. The van der Waals surface area contributed by atoms with Gasteiger partial charge in [-0.2, -0.15) is 0 Å².